The summed E-state index contributed by atoms with van der Waals surface area (Å²) in [4.78, 5) is 27.5. The molecule has 4 aromatic rings. The van der Waals surface area contributed by atoms with Crippen LogP contribution in [-0.2, 0) is 4.79 Å². The molecule has 0 saturated carbocycles. The van der Waals surface area contributed by atoms with Crippen molar-refractivity contribution in [3.05, 3.63) is 84.5 Å². The highest BCUT2D eigenvalue weighted by atomic mass is 16.5. The predicted molar refractivity (Wildman–Crippen MR) is 157 cm³/mol. The third kappa shape index (κ3) is 6.58. The summed E-state index contributed by atoms with van der Waals surface area (Å²) in [5.41, 5.74) is 4.24. The van der Waals surface area contributed by atoms with Gasteiger partial charge in [0.25, 0.3) is 0 Å². The molecule has 4 rings (SSSR count). The molecule has 0 aliphatic carbocycles. The topological polar surface area (TPSA) is 92.3 Å². The number of aromatic nitrogens is 3. The van der Waals surface area contributed by atoms with Crippen molar-refractivity contribution in [3.8, 4) is 23.3 Å². The summed E-state index contributed by atoms with van der Waals surface area (Å²) in [6.45, 7) is 11.5. The van der Waals surface area contributed by atoms with Crippen molar-refractivity contribution in [1.29, 1.82) is 0 Å². The van der Waals surface area contributed by atoms with Crippen LogP contribution in [0.4, 0.5) is 17.2 Å². The van der Waals surface area contributed by atoms with E-state index in [0.717, 1.165) is 28.1 Å². The molecule has 8 heteroatoms. The number of carbonyl (C=O) groups excluding carboxylic acids is 1. The zero-order chi connectivity index (χ0) is 28.2. The zero-order valence-corrected chi connectivity index (χ0v) is 23.1. The molecule has 0 radical (unpaired) electrons. The lowest BCUT2D eigenvalue weighted by molar-refractivity contribution is -0.111. The van der Waals surface area contributed by atoms with Crippen molar-refractivity contribution in [1.82, 2.24) is 19.9 Å². The Balaban J connectivity index is 1.68. The summed E-state index contributed by atoms with van der Waals surface area (Å²) in [5.74, 6) is 8.18. The van der Waals surface area contributed by atoms with E-state index in [1.54, 1.807) is 6.20 Å². The fraction of sp³-hybridized carbons (Fsp3) is 0.226. The van der Waals surface area contributed by atoms with E-state index in [1.165, 1.54) is 12.4 Å². The summed E-state index contributed by atoms with van der Waals surface area (Å²) in [7, 11) is 3.95. The Bertz CT molecular complexity index is 1600. The summed E-state index contributed by atoms with van der Waals surface area (Å²) in [5, 5.41) is 6.99. The number of amides is 1. The van der Waals surface area contributed by atoms with Crippen LogP contribution >= 0.6 is 0 Å². The average molecular weight is 521 g/mol. The Morgan fingerprint density at radius 2 is 1.87 bits per heavy atom. The quantitative estimate of drug-likeness (QED) is 0.228. The molecule has 2 aromatic carbocycles. The van der Waals surface area contributed by atoms with E-state index in [4.69, 9.17) is 4.74 Å². The molecule has 0 fully saturated rings. The van der Waals surface area contributed by atoms with Crippen LogP contribution in [0.3, 0.4) is 0 Å². The van der Waals surface area contributed by atoms with E-state index in [-0.39, 0.29) is 11.4 Å². The number of nitrogens with zero attached hydrogens (tertiary/aromatic N) is 4. The fourth-order valence-corrected chi connectivity index (χ4v) is 3.55. The van der Waals surface area contributed by atoms with Gasteiger partial charge in [-0.05, 0) is 95.9 Å². The average Bonchev–Trinajstić information content (AvgIpc) is 2.90. The van der Waals surface area contributed by atoms with Crippen molar-refractivity contribution in [2.24, 2.45) is 0 Å². The lowest BCUT2D eigenvalue weighted by Gasteiger charge is -2.26. The highest BCUT2D eigenvalue weighted by Crippen LogP contribution is 2.31. The van der Waals surface area contributed by atoms with Crippen LogP contribution in [0.25, 0.3) is 10.9 Å². The van der Waals surface area contributed by atoms with E-state index in [1.807, 2.05) is 89.2 Å². The summed E-state index contributed by atoms with van der Waals surface area (Å²) in [6, 6.07) is 13.3. The van der Waals surface area contributed by atoms with Gasteiger partial charge in [-0.3, -0.25) is 14.7 Å². The molecule has 0 aliphatic rings. The molecule has 0 atom stereocenters. The number of hydrogen-bond acceptors (Lipinski definition) is 7. The zero-order valence-electron chi connectivity index (χ0n) is 23.1. The molecular weight excluding hydrogens is 488 g/mol. The number of benzene rings is 2. The minimum absolute atomic E-state index is 0.328. The number of pyridine rings is 1. The van der Waals surface area contributed by atoms with Gasteiger partial charge < -0.3 is 15.4 Å². The van der Waals surface area contributed by atoms with Gasteiger partial charge in [-0.15, -0.1) is 0 Å². The van der Waals surface area contributed by atoms with Crippen LogP contribution in [-0.4, -0.2) is 45.4 Å². The van der Waals surface area contributed by atoms with E-state index >= 15 is 0 Å². The summed E-state index contributed by atoms with van der Waals surface area (Å²) < 4.78 is 6.00. The molecule has 0 unspecified atom stereocenters. The summed E-state index contributed by atoms with van der Waals surface area (Å²) >= 11 is 0. The smallest absolute Gasteiger partial charge is 0.247 e. The van der Waals surface area contributed by atoms with E-state index in [9.17, 15) is 4.79 Å². The number of anilines is 3. The predicted octanol–water partition coefficient (Wildman–Crippen LogP) is 5.99. The van der Waals surface area contributed by atoms with Gasteiger partial charge in [0.05, 0.1) is 28.5 Å². The summed E-state index contributed by atoms with van der Waals surface area (Å²) in [6.07, 6.45) is 4.43. The molecule has 2 aromatic heterocycles. The van der Waals surface area contributed by atoms with Crippen LogP contribution in [0, 0.1) is 25.7 Å². The van der Waals surface area contributed by atoms with Crippen LogP contribution < -0.4 is 15.4 Å². The number of rotatable bonds is 7. The second kappa shape index (κ2) is 11.3. The number of hydrogen-bond donors (Lipinski definition) is 2. The Kier molecular flexibility index (Phi) is 7.93. The molecule has 0 saturated heterocycles. The first-order valence-corrected chi connectivity index (χ1v) is 12.5. The van der Waals surface area contributed by atoms with Crippen molar-refractivity contribution in [2.75, 3.05) is 24.7 Å². The first-order chi connectivity index (χ1) is 18.6. The van der Waals surface area contributed by atoms with Crippen LogP contribution in [0.15, 0.2) is 67.6 Å². The van der Waals surface area contributed by atoms with Gasteiger partial charge in [0.2, 0.25) is 5.91 Å². The van der Waals surface area contributed by atoms with Gasteiger partial charge in [-0.2, -0.15) is 0 Å². The number of nitrogens with one attached hydrogen (secondary N) is 2. The molecule has 2 heterocycles. The second-order valence-electron chi connectivity index (χ2n) is 9.88. The van der Waals surface area contributed by atoms with Gasteiger partial charge in [0.15, 0.2) is 0 Å². The van der Waals surface area contributed by atoms with Gasteiger partial charge in [-0.1, -0.05) is 18.4 Å². The van der Waals surface area contributed by atoms with Crippen molar-refractivity contribution in [3.63, 3.8) is 0 Å². The van der Waals surface area contributed by atoms with E-state index in [2.05, 4.69) is 44.0 Å². The Morgan fingerprint density at radius 3 is 2.54 bits per heavy atom. The normalized spacial score (nSPS) is 11.1. The molecule has 8 nitrogen and oxygen atoms in total. The number of carbonyl (C=O) groups is 1. The minimum Gasteiger partial charge on any atom is -0.455 e. The molecule has 2 N–H and O–H groups in total. The lowest BCUT2D eigenvalue weighted by atomic mass is 10.0. The lowest BCUT2D eigenvalue weighted by Crippen LogP contribution is -2.36. The largest absolute Gasteiger partial charge is 0.455 e. The maximum atomic E-state index is 12.2. The molecule has 0 spiro atoms. The maximum Gasteiger partial charge on any atom is 0.247 e. The van der Waals surface area contributed by atoms with Crippen molar-refractivity contribution in [2.45, 2.75) is 33.2 Å². The van der Waals surface area contributed by atoms with E-state index < -0.39 is 0 Å². The highest BCUT2D eigenvalue weighted by molar-refractivity contribution is 6.03. The SMILES string of the molecule is C=CC(=O)Nc1cc2c(Nc3ccc(Oc4ccc(C)nc4)c(C)c3)ncnc2cc1C#CC(C)(C)N(C)C. The van der Waals surface area contributed by atoms with Crippen LogP contribution in [0.2, 0.25) is 0 Å². The first kappa shape index (κ1) is 27.3. The molecule has 1 amide bonds. The molecule has 39 heavy (non-hydrogen) atoms. The maximum absolute atomic E-state index is 12.2. The number of ether oxygens (including phenoxy) is 1. The molecule has 0 aliphatic heterocycles. The minimum atomic E-state index is -0.364. The van der Waals surface area contributed by atoms with Crippen molar-refractivity contribution >= 4 is 34.0 Å². The van der Waals surface area contributed by atoms with Crippen molar-refractivity contribution < 1.29 is 9.53 Å². The molecule has 198 valence electrons. The van der Waals surface area contributed by atoms with Crippen LogP contribution in [0.5, 0.6) is 11.5 Å². The first-order valence-electron chi connectivity index (χ1n) is 12.5. The van der Waals surface area contributed by atoms with E-state index in [0.29, 0.717) is 28.3 Å². The second-order valence-corrected chi connectivity index (χ2v) is 9.88. The van der Waals surface area contributed by atoms with Gasteiger partial charge in [0, 0.05) is 16.8 Å². The number of aryl methyl sites for hydroxylation is 2. The van der Waals surface area contributed by atoms with Gasteiger partial charge in [0.1, 0.15) is 23.6 Å². The highest BCUT2D eigenvalue weighted by Gasteiger charge is 2.17. The monoisotopic (exact) mass is 520 g/mol. The Hall–Kier alpha value is -4.74. The fourth-order valence-electron chi connectivity index (χ4n) is 3.55. The number of fused-ring (bicyclic) bond motifs is 1. The van der Waals surface area contributed by atoms with Gasteiger partial charge in [-0.25, -0.2) is 9.97 Å². The molecule has 0 bridgehead atoms. The Morgan fingerprint density at radius 1 is 1.08 bits per heavy atom. The van der Waals surface area contributed by atoms with Gasteiger partial charge >= 0.3 is 0 Å². The third-order valence-corrected chi connectivity index (χ3v) is 6.39. The van der Waals surface area contributed by atoms with Crippen LogP contribution in [0.1, 0.15) is 30.7 Å². The Labute approximate surface area is 229 Å². The molecular formula is C31H32N6O2. The standard InChI is InChI=1S/C31H32N6O2/c1-8-29(38)36-26-17-25-27(16-22(26)13-14-31(4,5)37(6)7)33-19-34-30(25)35-23-10-12-28(20(2)15-23)39-24-11-9-21(3)32-18-24/h8-12,15-19H,1H2,2-7H3,(H,36,38)(H,33,34,35). The third-order valence-electron chi connectivity index (χ3n) is 6.39.